The van der Waals surface area contributed by atoms with E-state index in [0.29, 0.717) is 6.42 Å². The summed E-state index contributed by atoms with van der Waals surface area (Å²) >= 11 is 0. The molecule has 0 bridgehead atoms. The van der Waals surface area contributed by atoms with Gasteiger partial charge in [0.25, 0.3) is 0 Å². The van der Waals surface area contributed by atoms with Gasteiger partial charge in [0.2, 0.25) is 0 Å². The summed E-state index contributed by atoms with van der Waals surface area (Å²) in [4.78, 5) is 3.26. The average molecular weight is 268 g/mol. The van der Waals surface area contributed by atoms with Gasteiger partial charge in [-0.15, -0.1) is 0 Å². The summed E-state index contributed by atoms with van der Waals surface area (Å²) in [7, 11) is 0. The number of nitrogens with one attached hydrogen (secondary N) is 2. The first-order chi connectivity index (χ1) is 9.61. The third kappa shape index (κ3) is 1.86. The maximum absolute atomic E-state index is 13.9. The molecule has 0 saturated heterocycles. The van der Waals surface area contributed by atoms with Gasteiger partial charge in [0.1, 0.15) is 5.82 Å². The molecule has 0 radical (unpaired) electrons. The molecule has 3 heteroatoms. The van der Waals surface area contributed by atoms with E-state index in [0.717, 1.165) is 39.0 Å². The lowest BCUT2D eigenvalue weighted by Gasteiger charge is -2.14. The van der Waals surface area contributed by atoms with Gasteiger partial charge in [-0.25, -0.2) is 4.39 Å². The minimum absolute atomic E-state index is 0.151. The van der Waals surface area contributed by atoms with Gasteiger partial charge in [0, 0.05) is 39.6 Å². The second kappa shape index (κ2) is 4.67. The summed E-state index contributed by atoms with van der Waals surface area (Å²) in [5.74, 6) is -0.151. The van der Waals surface area contributed by atoms with Crippen molar-refractivity contribution in [2.75, 3.05) is 0 Å². The molecule has 0 amide bonds. The van der Waals surface area contributed by atoms with Crippen LogP contribution in [0.1, 0.15) is 23.7 Å². The van der Waals surface area contributed by atoms with Crippen LogP contribution in [0.15, 0.2) is 42.8 Å². The Morgan fingerprint density at radius 3 is 2.80 bits per heavy atom. The molecule has 3 rings (SSSR count). The molecule has 102 valence electrons. The van der Waals surface area contributed by atoms with Crippen LogP contribution in [0.2, 0.25) is 0 Å². The van der Waals surface area contributed by atoms with Crippen LogP contribution in [-0.2, 0) is 6.42 Å². The van der Waals surface area contributed by atoms with Crippen molar-refractivity contribution in [3.63, 3.8) is 0 Å². The molecule has 2 aromatic rings. The Morgan fingerprint density at radius 2 is 2.10 bits per heavy atom. The first-order valence-corrected chi connectivity index (χ1v) is 6.75. The second-order valence-corrected chi connectivity index (χ2v) is 5.03. The Morgan fingerprint density at radius 1 is 1.30 bits per heavy atom. The number of hydrogen-bond acceptors (Lipinski definition) is 1. The van der Waals surface area contributed by atoms with E-state index < -0.39 is 0 Å². The summed E-state index contributed by atoms with van der Waals surface area (Å²) in [6.07, 6.45) is 6.52. The molecule has 2 heterocycles. The van der Waals surface area contributed by atoms with Gasteiger partial charge >= 0.3 is 0 Å². The normalized spacial score (nSPS) is 14.6. The molecule has 20 heavy (non-hydrogen) atoms. The third-order valence-electron chi connectivity index (χ3n) is 3.75. The van der Waals surface area contributed by atoms with E-state index in [1.54, 1.807) is 6.07 Å². The summed E-state index contributed by atoms with van der Waals surface area (Å²) in [5, 5.41) is 4.17. The maximum Gasteiger partial charge on any atom is 0.128 e. The summed E-state index contributed by atoms with van der Waals surface area (Å²) in [5.41, 5.74) is 5.59. The number of H-pyrrole nitrogens is 1. The first-order valence-electron chi connectivity index (χ1n) is 6.75. The lowest BCUT2D eigenvalue weighted by Crippen LogP contribution is -2.08. The van der Waals surface area contributed by atoms with E-state index in [1.807, 2.05) is 38.3 Å². The van der Waals surface area contributed by atoms with E-state index in [2.05, 4.69) is 16.9 Å². The predicted molar refractivity (Wildman–Crippen MR) is 81.8 cm³/mol. The minimum Gasteiger partial charge on any atom is -0.362 e. The molecule has 0 saturated carbocycles. The van der Waals surface area contributed by atoms with Crippen molar-refractivity contribution in [1.82, 2.24) is 10.3 Å². The molecule has 2 nitrogen and oxygen atoms in total. The topological polar surface area (TPSA) is 27.8 Å². The second-order valence-electron chi connectivity index (χ2n) is 5.03. The van der Waals surface area contributed by atoms with E-state index in [4.69, 9.17) is 0 Å². The van der Waals surface area contributed by atoms with Gasteiger partial charge < -0.3 is 10.3 Å². The Kier molecular flexibility index (Phi) is 2.97. The van der Waals surface area contributed by atoms with Crippen molar-refractivity contribution in [2.24, 2.45) is 0 Å². The SMILES string of the molecule is C=C1NC=CC=C1c1c(C)[nH]c2cc(F)c(CC)cc12. The molecule has 1 aliphatic rings. The molecule has 1 aliphatic heterocycles. The highest BCUT2D eigenvalue weighted by molar-refractivity contribution is 5.99. The van der Waals surface area contributed by atoms with Crippen molar-refractivity contribution >= 4 is 16.5 Å². The molecule has 0 atom stereocenters. The number of rotatable bonds is 2. The van der Waals surface area contributed by atoms with E-state index in [1.165, 1.54) is 0 Å². The highest BCUT2D eigenvalue weighted by Crippen LogP contribution is 2.34. The molecular weight excluding hydrogens is 251 g/mol. The smallest absolute Gasteiger partial charge is 0.128 e. The summed E-state index contributed by atoms with van der Waals surface area (Å²) in [6, 6.07) is 3.52. The van der Waals surface area contributed by atoms with Crippen molar-refractivity contribution in [3.8, 4) is 0 Å². The maximum atomic E-state index is 13.9. The van der Waals surface area contributed by atoms with Crippen LogP contribution in [0.25, 0.3) is 16.5 Å². The fourth-order valence-corrected chi connectivity index (χ4v) is 2.72. The third-order valence-corrected chi connectivity index (χ3v) is 3.75. The van der Waals surface area contributed by atoms with Crippen molar-refractivity contribution < 1.29 is 4.39 Å². The Labute approximate surface area is 117 Å². The average Bonchev–Trinajstić information content (AvgIpc) is 2.73. The molecule has 0 aliphatic carbocycles. The van der Waals surface area contributed by atoms with Crippen LogP contribution < -0.4 is 5.32 Å². The number of dihydropyridines is 1. The fraction of sp³-hybridized carbons (Fsp3) is 0.176. The number of benzene rings is 1. The fourth-order valence-electron chi connectivity index (χ4n) is 2.72. The molecule has 0 spiro atoms. The van der Waals surface area contributed by atoms with Crippen LogP contribution in [-0.4, -0.2) is 4.98 Å². The van der Waals surface area contributed by atoms with Gasteiger partial charge in [-0.05, 0) is 37.1 Å². The summed E-state index contributed by atoms with van der Waals surface area (Å²) < 4.78 is 13.9. The van der Waals surface area contributed by atoms with Crippen molar-refractivity contribution in [1.29, 1.82) is 0 Å². The molecule has 1 aromatic heterocycles. The zero-order valence-corrected chi connectivity index (χ0v) is 11.7. The minimum atomic E-state index is -0.151. The highest BCUT2D eigenvalue weighted by atomic mass is 19.1. The largest absolute Gasteiger partial charge is 0.362 e. The number of aryl methyl sites for hydroxylation is 2. The number of allylic oxidation sites excluding steroid dienone is 3. The van der Waals surface area contributed by atoms with Crippen LogP contribution >= 0.6 is 0 Å². The Hall–Kier alpha value is -2.29. The van der Waals surface area contributed by atoms with E-state index in [9.17, 15) is 4.39 Å². The van der Waals surface area contributed by atoms with Gasteiger partial charge in [0.15, 0.2) is 0 Å². The standard InChI is InChI=1S/C17H17FN2/c1-4-12-8-14-16(9-15(12)18)20-11(3)17(14)13-6-5-7-19-10(13)2/h5-9,19-20H,2,4H2,1,3H3. The van der Waals surface area contributed by atoms with E-state index in [-0.39, 0.29) is 5.82 Å². The Bertz CT molecular complexity index is 763. The zero-order chi connectivity index (χ0) is 14.3. The molecular formula is C17H17FN2. The van der Waals surface area contributed by atoms with Crippen molar-refractivity contribution in [3.05, 3.63) is 65.4 Å². The number of fused-ring (bicyclic) bond motifs is 1. The zero-order valence-electron chi connectivity index (χ0n) is 11.7. The number of hydrogen-bond donors (Lipinski definition) is 2. The molecule has 1 aromatic carbocycles. The van der Waals surface area contributed by atoms with Crippen molar-refractivity contribution in [2.45, 2.75) is 20.3 Å². The van der Waals surface area contributed by atoms with Gasteiger partial charge in [-0.2, -0.15) is 0 Å². The predicted octanol–water partition coefficient (Wildman–Crippen LogP) is 4.19. The highest BCUT2D eigenvalue weighted by Gasteiger charge is 2.17. The van der Waals surface area contributed by atoms with Crippen LogP contribution in [0, 0.1) is 12.7 Å². The Balaban J connectivity index is 2.30. The lowest BCUT2D eigenvalue weighted by atomic mass is 9.97. The number of aromatic nitrogens is 1. The number of halogens is 1. The summed E-state index contributed by atoms with van der Waals surface area (Å²) in [6.45, 7) is 8.01. The molecule has 2 N–H and O–H groups in total. The van der Waals surface area contributed by atoms with E-state index >= 15 is 0 Å². The quantitative estimate of drug-likeness (QED) is 0.839. The van der Waals surface area contributed by atoms with Crippen LogP contribution in [0.5, 0.6) is 0 Å². The molecule has 0 fully saturated rings. The van der Waals surface area contributed by atoms with Gasteiger partial charge in [0.05, 0.1) is 0 Å². The van der Waals surface area contributed by atoms with Gasteiger partial charge in [-0.1, -0.05) is 19.6 Å². The lowest BCUT2D eigenvalue weighted by molar-refractivity contribution is 0.614. The van der Waals surface area contributed by atoms with Gasteiger partial charge in [-0.3, -0.25) is 0 Å². The van der Waals surface area contributed by atoms with Crippen LogP contribution in [0.3, 0.4) is 0 Å². The monoisotopic (exact) mass is 268 g/mol. The van der Waals surface area contributed by atoms with Crippen LogP contribution in [0.4, 0.5) is 4.39 Å². The first kappa shape index (κ1) is 12.7. The number of aromatic amines is 1. The molecule has 0 unspecified atom stereocenters.